The summed E-state index contributed by atoms with van der Waals surface area (Å²) < 4.78 is 13.1. The van der Waals surface area contributed by atoms with E-state index in [-0.39, 0.29) is 42.9 Å². The number of nitrogens with one attached hydrogen (secondary N) is 1. The second-order valence-electron chi connectivity index (χ2n) is 8.45. The van der Waals surface area contributed by atoms with Gasteiger partial charge in [0.1, 0.15) is 12.4 Å². The van der Waals surface area contributed by atoms with Crippen LogP contribution in [0.2, 0.25) is 0 Å². The van der Waals surface area contributed by atoms with Gasteiger partial charge in [-0.2, -0.15) is 0 Å². The number of nitrogens with zero attached hydrogens (tertiary/aromatic N) is 2. The van der Waals surface area contributed by atoms with Crippen molar-refractivity contribution in [1.29, 1.82) is 0 Å². The Kier molecular flexibility index (Phi) is 5.56. The molecular formula is C26H24FN3O3. The number of aliphatic hydroxyl groups excluding tert-OH is 1. The lowest BCUT2D eigenvalue weighted by atomic mass is 9.73. The van der Waals surface area contributed by atoms with Gasteiger partial charge in [-0.1, -0.05) is 54.6 Å². The Balaban J connectivity index is 1.33. The number of carbonyl (C=O) groups excluding carboxylic acids is 2. The number of rotatable bonds is 4. The van der Waals surface area contributed by atoms with E-state index in [1.54, 1.807) is 4.90 Å². The van der Waals surface area contributed by atoms with Gasteiger partial charge < -0.3 is 20.2 Å². The maximum absolute atomic E-state index is 13.1. The highest BCUT2D eigenvalue weighted by Crippen LogP contribution is 2.43. The lowest BCUT2D eigenvalue weighted by molar-refractivity contribution is -0.159. The number of hydrogen-bond acceptors (Lipinski definition) is 3. The minimum Gasteiger partial charge on any atom is -0.394 e. The van der Waals surface area contributed by atoms with Gasteiger partial charge in [-0.3, -0.25) is 4.79 Å². The van der Waals surface area contributed by atoms with E-state index >= 15 is 0 Å². The van der Waals surface area contributed by atoms with E-state index in [2.05, 4.69) is 5.32 Å². The molecule has 3 atom stereocenters. The topological polar surface area (TPSA) is 72.9 Å². The van der Waals surface area contributed by atoms with Crippen molar-refractivity contribution in [3.05, 3.63) is 90.2 Å². The van der Waals surface area contributed by atoms with E-state index in [1.807, 2.05) is 54.6 Å². The molecule has 0 aliphatic carbocycles. The third-order valence-corrected chi connectivity index (χ3v) is 6.54. The first kappa shape index (κ1) is 21.2. The SMILES string of the molecule is O=C(Nc1ccc(F)cc1)N1CC(=O)N2[C@@H](CO)[C@@H](c3ccc(-c4ccccc4)cc3)[C@@H]2C1. The standard InChI is InChI=1S/C26H24FN3O3/c27-20-10-12-21(13-11-20)28-26(33)29-14-22-25(23(16-31)30(22)24(32)15-29)19-8-6-18(7-9-19)17-4-2-1-3-5-17/h1-13,22-23,25,31H,14-16H2,(H,28,33)/t22-,23-,25-/m0/s1. The summed E-state index contributed by atoms with van der Waals surface area (Å²) in [5, 5.41) is 12.7. The van der Waals surface area contributed by atoms with Crippen molar-refractivity contribution < 1.29 is 19.1 Å². The first-order valence-electron chi connectivity index (χ1n) is 10.9. The van der Waals surface area contributed by atoms with Gasteiger partial charge in [-0.25, -0.2) is 9.18 Å². The van der Waals surface area contributed by atoms with Gasteiger partial charge in [-0.15, -0.1) is 0 Å². The van der Waals surface area contributed by atoms with E-state index in [0.717, 1.165) is 16.7 Å². The first-order chi connectivity index (χ1) is 16.0. The predicted molar refractivity (Wildman–Crippen MR) is 123 cm³/mol. The lowest BCUT2D eigenvalue weighted by Crippen LogP contribution is -2.73. The molecule has 2 aliphatic rings. The van der Waals surface area contributed by atoms with Crippen LogP contribution in [-0.2, 0) is 4.79 Å². The largest absolute Gasteiger partial charge is 0.394 e. The van der Waals surface area contributed by atoms with Crippen molar-refractivity contribution >= 4 is 17.6 Å². The normalized spacial score (nSPS) is 21.9. The quantitative estimate of drug-likeness (QED) is 0.643. The van der Waals surface area contributed by atoms with Gasteiger partial charge in [0.05, 0.1) is 18.7 Å². The molecule has 2 saturated heterocycles. The van der Waals surface area contributed by atoms with E-state index in [0.29, 0.717) is 12.2 Å². The van der Waals surface area contributed by atoms with Gasteiger partial charge in [0.2, 0.25) is 5.91 Å². The predicted octanol–water partition coefficient (Wildman–Crippen LogP) is 3.70. The van der Waals surface area contributed by atoms with Crippen LogP contribution in [0, 0.1) is 5.82 Å². The average molecular weight is 445 g/mol. The lowest BCUT2D eigenvalue weighted by Gasteiger charge is -2.58. The zero-order valence-corrected chi connectivity index (χ0v) is 17.9. The fourth-order valence-corrected chi connectivity index (χ4v) is 4.92. The number of halogens is 1. The fourth-order valence-electron chi connectivity index (χ4n) is 4.92. The molecule has 0 unspecified atom stereocenters. The molecule has 0 saturated carbocycles. The third-order valence-electron chi connectivity index (χ3n) is 6.54. The summed E-state index contributed by atoms with van der Waals surface area (Å²) in [6, 6.07) is 22.8. The molecule has 2 fully saturated rings. The molecule has 0 spiro atoms. The van der Waals surface area contributed by atoms with E-state index in [9.17, 15) is 19.1 Å². The first-order valence-corrected chi connectivity index (χ1v) is 10.9. The molecule has 7 heteroatoms. The summed E-state index contributed by atoms with van der Waals surface area (Å²) in [5.41, 5.74) is 3.71. The summed E-state index contributed by atoms with van der Waals surface area (Å²) in [7, 11) is 0. The Morgan fingerprint density at radius 2 is 1.64 bits per heavy atom. The smallest absolute Gasteiger partial charge is 0.322 e. The monoisotopic (exact) mass is 445 g/mol. The zero-order chi connectivity index (χ0) is 22.9. The zero-order valence-electron chi connectivity index (χ0n) is 17.9. The fraction of sp³-hybridized carbons (Fsp3) is 0.231. The van der Waals surface area contributed by atoms with Crippen molar-refractivity contribution in [2.45, 2.75) is 18.0 Å². The van der Waals surface area contributed by atoms with Crippen LogP contribution < -0.4 is 5.32 Å². The molecule has 33 heavy (non-hydrogen) atoms. The Hall–Kier alpha value is -3.71. The number of anilines is 1. The number of piperazine rings is 1. The molecular weight excluding hydrogens is 421 g/mol. The highest BCUT2D eigenvalue weighted by atomic mass is 19.1. The van der Waals surface area contributed by atoms with Crippen molar-refractivity contribution in [1.82, 2.24) is 9.80 Å². The molecule has 3 amide bonds. The van der Waals surface area contributed by atoms with Gasteiger partial charge >= 0.3 is 6.03 Å². The second kappa shape index (κ2) is 8.67. The number of fused-ring (bicyclic) bond motifs is 1. The molecule has 0 radical (unpaired) electrons. The van der Waals surface area contributed by atoms with Gasteiger partial charge in [-0.05, 0) is 41.0 Å². The number of benzene rings is 3. The molecule has 3 aromatic carbocycles. The Labute approximate surface area is 191 Å². The van der Waals surface area contributed by atoms with Crippen LogP contribution in [0.25, 0.3) is 11.1 Å². The Morgan fingerprint density at radius 1 is 0.970 bits per heavy atom. The third kappa shape index (κ3) is 3.96. The molecule has 5 rings (SSSR count). The second-order valence-corrected chi connectivity index (χ2v) is 8.45. The van der Waals surface area contributed by atoms with Crippen LogP contribution in [-0.4, -0.2) is 58.6 Å². The van der Waals surface area contributed by atoms with E-state index < -0.39 is 6.03 Å². The van der Waals surface area contributed by atoms with Crippen molar-refractivity contribution in [2.75, 3.05) is 25.0 Å². The summed E-state index contributed by atoms with van der Waals surface area (Å²) >= 11 is 0. The molecule has 2 aliphatic heterocycles. The Morgan fingerprint density at radius 3 is 2.30 bits per heavy atom. The molecule has 2 N–H and O–H groups in total. The minimum atomic E-state index is -0.403. The Bertz CT molecular complexity index is 1150. The van der Waals surface area contributed by atoms with Gasteiger partial charge in [0, 0.05) is 18.2 Å². The van der Waals surface area contributed by atoms with Crippen LogP contribution in [0.5, 0.6) is 0 Å². The molecule has 3 aromatic rings. The average Bonchev–Trinajstić information content (AvgIpc) is 2.82. The van der Waals surface area contributed by atoms with Gasteiger partial charge in [0.15, 0.2) is 0 Å². The van der Waals surface area contributed by atoms with Crippen LogP contribution in [0.3, 0.4) is 0 Å². The molecule has 2 heterocycles. The molecule has 0 bridgehead atoms. The van der Waals surface area contributed by atoms with E-state index in [4.69, 9.17) is 0 Å². The number of urea groups is 1. The van der Waals surface area contributed by atoms with Crippen molar-refractivity contribution in [3.63, 3.8) is 0 Å². The van der Waals surface area contributed by atoms with Crippen molar-refractivity contribution in [2.24, 2.45) is 0 Å². The van der Waals surface area contributed by atoms with Crippen LogP contribution in [0.4, 0.5) is 14.9 Å². The van der Waals surface area contributed by atoms with Crippen molar-refractivity contribution in [3.8, 4) is 11.1 Å². The highest BCUT2D eigenvalue weighted by Gasteiger charge is 2.54. The molecule has 6 nitrogen and oxygen atoms in total. The molecule has 168 valence electrons. The number of carbonyl (C=O) groups is 2. The van der Waals surface area contributed by atoms with Crippen LogP contribution >= 0.6 is 0 Å². The number of aliphatic hydroxyl groups is 1. The van der Waals surface area contributed by atoms with Gasteiger partial charge in [0.25, 0.3) is 0 Å². The maximum Gasteiger partial charge on any atom is 0.322 e. The van der Waals surface area contributed by atoms with Crippen LogP contribution in [0.1, 0.15) is 11.5 Å². The summed E-state index contributed by atoms with van der Waals surface area (Å²) in [6.07, 6.45) is 0. The van der Waals surface area contributed by atoms with E-state index in [1.165, 1.54) is 29.2 Å². The highest BCUT2D eigenvalue weighted by molar-refractivity contribution is 5.93. The summed E-state index contributed by atoms with van der Waals surface area (Å²) in [5.74, 6) is -0.635. The minimum absolute atomic E-state index is 0.0559. The number of hydrogen-bond donors (Lipinski definition) is 2. The maximum atomic E-state index is 13.1. The summed E-state index contributed by atoms with van der Waals surface area (Å²) in [6.45, 7) is 0.176. The molecule has 0 aromatic heterocycles. The van der Waals surface area contributed by atoms with Crippen LogP contribution in [0.15, 0.2) is 78.9 Å². The summed E-state index contributed by atoms with van der Waals surface area (Å²) in [4.78, 5) is 28.8. The number of amides is 3.